The lowest BCUT2D eigenvalue weighted by Gasteiger charge is -2.04. The molecule has 2 aromatic rings. The third kappa shape index (κ3) is 3.68. The van der Waals surface area contributed by atoms with Gasteiger partial charge in [0, 0.05) is 17.7 Å². The molecule has 2 N–H and O–H groups in total. The van der Waals surface area contributed by atoms with Gasteiger partial charge < -0.3 is 5.73 Å². The van der Waals surface area contributed by atoms with E-state index in [2.05, 4.69) is 6.92 Å². The average molecular weight is 253 g/mol. The van der Waals surface area contributed by atoms with Crippen LogP contribution in [-0.2, 0) is 12.8 Å². The SMILES string of the molecule is CCCc1ccc(C(=O)Cc2cccc(N)c2)cc1. The lowest BCUT2D eigenvalue weighted by atomic mass is 10.0. The number of nitrogens with two attached hydrogens (primary N) is 1. The highest BCUT2D eigenvalue weighted by Crippen LogP contribution is 2.12. The minimum atomic E-state index is 0.133. The lowest BCUT2D eigenvalue weighted by molar-refractivity contribution is 0.0993. The monoisotopic (exact) mass is 253 g/mol. The maximum Gasteiger partial charge on any atom is 0.167 e. The Labute approximate surface area is 114 Å². The van der Waals surface area contributed by atoms with Gasteiger partial charge in [0.05, 0.1) is 0 Å². The van der Waals surface area contributed by atoms with Crippen molar-refractivity contribution in [3.63, 3.8) is 0 Å². The smallest absolute Gasteiger partial charge is 0.167 e. The van der Waals surface area contributed by atoms with Gasteiger partial charge in [-0.25, -0.2) is 0 Å². The first-order valence-corrected chi connectivity index (χ1v) is 6.65. The number of anilines is 1. The molecule has 0 saturated heterocycles. The summed E-state index contributed by atoms with van der Waals surface area (Å²) in [6.07, 6.45) is 2.58. The molecule has 2 nitrogen and oxygen atoms in total. The van der Waals surface area contributed by atoms with Crippen LogP contribution in [0.25, 0.3) is 0 Å². The summed E-state index contributed by atoms with van der Waals surface area (Å²) in [4.78, 5) is 12.2. The molecule has 2 rings (SSSR count). The molecule has 0 aliphatic heterocycles. The average Bonchev–Trinajstić information content (AvgIpc) is 2.40. The molecule has 0 spiro atoms. The first-order chi connectivity index (χ1) is 9.19. The number of benzene rings is 2. The number of hydrogen-bond donors (Lipinski definition) is 1. The van der Waals surface area contributed by atoms with Gasteiger partial charge in [-0.2, -0.15) is 0 Å². The zero-order valence-electron chi connectivity index (χ0n) is 11.2. The van der Waals surface area contributed by atoms with Crippen LogP contribution in [0.4, 0.5) is 5.69 Å². The minimum absolute atomic E-state index is 0.133. The van der Waals surface area contributed by atoms with Crippen LogP contribution < -0.4 is 5.73 Å². The number of carbonyl (C=O) groups excluding carboxylic acids is 1. The molecule has 0 amide bonds. The van der Waals surface area contributed by atoms with Crippen LogP contribution in [0.5, 0.6) is 0 Å². The first-order valence-electron chi connectivity index (χ1n) is 6.65. The number of hydrogen-bond acceptors (Lipinski definition) is 2. The van der Waals surface area contributed by atoms with Crippen molar-refractivity contribution in [3.8, 4) is 0 Å². The zero-order chi connectivity index (χ0) is 13.7. The summed E-state index contributed by atoms with van der Waals surface area (Å²) >= 11 is 0. The molecule has 0 bridgehead atoms. The molecular weight excluding hydrogens is 234 g/mol. The van der Waals surface area contributed by atoms with Gasteiger partial charge in [0.2, 0.25) is 0 Å². The summed E-state index contributed by atoms with van der Waals surface area (Å²) < 4.78 is 0. The molecule has 0 heterocycles. The molecule has 19 heavy (non-hydrogen) atoms. The number of nitrogen functional groups attached to an aromatic ring is 1. The molecule has 0 fully saturated rings. The lowest BCUT2D eigenvalue weighted by Crippen LogP contribution is -2.04. The van der Waals surface area contributed by atoms with Crippen LogP contribution >= 0.6 is 0 Å². The maximum absolute atomic E-state index is 12.2. The van der Waals surface area contributed by atoms with Crippen molar-refractivity contribution >= 4 is 11.5 Å². The second kappa shape index (κ2) is 6.19. The predicted octanol–water partition coefficient (Wildman–Crippen LogP) is 3.65. The van der Waals surface area contributed by atoms with E-state index in [1.165, 1.54) is 5.56 Å². The third-order valence-electron chi connectivity index (χ3n) is 3.13. The Morgan fingerprint density at radius 2 is 1.79 bits per heavy atom. The van der Waals surface area contributed by atoms with Crippen LogP contribution in [0.3, 0.4) is 0 Å². The van der Waals surface area contributed by atoms with Crippen molar-refractivity contribution in [1.82, 2.24) is 0 Å². The minimum Gasteiger partial charge on any atom is -0.399 e. The van der Waals surface area contributed by atoms with Crippen LogP contribution in [0.15, 0.2) is 48.5 Å². The molecule has 0 aromatic heterocycles. The Balaban J connectivity index is 2.07. The van der Waals surface area contributed by atoms with Crippen LogP contribution in [0, 0.1) is 0 Å². The molecule has 0 radical (unpaired) electrons. The van der Waals surface area contributed by atoms with Crippen molar-refractivity contribution in [2.45, 2.75) is 26.2 Å². The van der Waals surface area contributed by atoms with Gasteiger partial charge in [-0.3, -0.25) is 4.79 Å². The van der Waals surface area contributed by atoms with E-state index in [1.54, 1.807) is 0 Å². The fourth-order valence-corrected chi connectivity index (χ4v) is 2.14. The largest absolute Gasteiger partial charge is 0.399 e. The predicted molar refractivity (Wildman–Crippen MR) is 79.3 cm³/mol. The molecule has 2 aromatic carbocycles. The van der Waals surface area contributed by atoms with Crippen LogP contribution in [0.2, 0.25) is 0 Å². The number of rotatable bonds is 5. The highest BCUT2D eigenvalue weighted by Gasteiger charge is 2.07. The summed E-state index contributed by atoms with van der Waals surface area (Å²) in [6.45, 7) is 2.15. The standard InChI is InChI=1S/C17H19NO/c1-2-4-13-7-9-15(10-8-13)17(19)12-14-5-3-6-16(18)11-14/h3,5-11H,2,4,12,18H2,1H3. The molecule has 0 aliphatic carbocycles. The van der Waals surface area contributed by atoms with Crippen molar-refractivity contribution < 1.29 is 4.79 Å². The number of ketones is 1. The summed E-state index contributed by atoms with van der Waals surface area (Å²) in [5.74, 6) is 0.133. The Morgan fingerprint density at radius 1 is 1.05 bits per heavy atom. The van der Waals surface area contributed by atoms with Crippen molar-refractivity contribution in [3.05, 3.63) is 65.2 Å². The molecule has 0 aliphatic rings. The van der Waals surface area contributed by atoms with E-state index in [0.29, 0.717) is 12.1 Å². The topological polar surface area (TPSA) is 43.1 Å². The van der Waals surface area contributed by atoms with Gasteiger partial charge in [-0.15, -0.1) is 0 Å². The van der Waals surface area contributed by atoms with Crippen LogP contribution in [0.1, 0.15) is 34.8 Å². The second-order valence-electron chi connectivity index (χ2n) is 4.79. The molecule has 0 saturated carbocycles. The number of aryl methyl sites for hydroxylation is 1. The van der Waals surface area contributed by atoms with Gasteiger partial charge >= 0.3 is 0 Å². The van der Waals surface area contributed by atoms with Crippen molar-refractivity contribution in [2.75, 3.05) is 5.73 Å². The van der Waals surface area contributed by atoms with Crippen LogP contribution in [-0.4, -0.2) is 5.78 Å². The maximum atomic E-state index is 12.2. The molecule has 2 heteroatoms. The molecule has 0 atom stereocenters. The molecular formula is C17H19NO. The van der Waals surface area contributed by atoms with Crippen molar-refractivity contribution in [2.24, 2.45) is 0 Å². The fourth-order valence-electron chi connectivity index (χ4n) is 2.14. The molecule has 98 valence electrons. The van der Waals surface area contributed by atoms with Crippen molar-refractivity contribution in [1.29, 1.82) is 0 Å². The summed E-state index contributed by atoms with van der Waals surface area (Å²) in [5, 5.41) is 0. The summed E-state index contributed by atoms with van der Waals surface area (Å²) in [6, 6.07) is 15.4. The number of Topliss-reactive ketones (excluding diaryl/α,β-unsaturated/α-hetero) is 1. The fraction of sp³-hybridized carbons (Fsp3) is 0.235. The van der Waals surface area contributed by atoms with Gasteiger partial charge in [-0.1, -0.05) is 49.7 Å². The Bertz CT molecular complexity index is 558. The first kappa shape index (κ1) is 13.3. The van der Waals surface area contributed by atoms with E-state index in [4.69, 9.17) is 5.73 Å². The second-order valence-corrected chi connectivity index (χ2v) is 4.79. The Morgan fingerprint density at radius 3 is 2.42 bits per heavy atom. The summed E-state index contributed by atoms with van der Waals surface area (Å²) in [7, 11) is 0. The van der Waals surface area contributed by atoms with Gasteiger partial charge in [0.25, 0.3) is 0 Å². The van der Waals surface area contributed by atoms with Gasteiger partial charge in [-0.05, 0) is 29.7 Å². The zero-order valence-corrected chi connectivity index (χ0v) is 11.2. The van der Waals surface area contributed by atoms with E-state index in [0.717, 1.165) is 24.0 Å². The normalized spacial score (nSPS) is 10.4. The Hall–Kier alpha value is -2.09. The van der Waals surface area contributed by atoms with E-state index < -0.39 is 0 Å². The third-order valence-corrected chi connectivity index (χ3v) is 3.13. The summed E-state index contributed by atoms with van der Waals surface area (Å²) in [5.41, 5.74) is 9.42. The highest BCUT2D eigenvalue weighted by molar-refractivity contribution is 5.97. The highest BCUT2D eigenvalue weighted by atomic mass is 16.1. The number of carbonyl (C=O) groups is 1. The van der Waals surface area contributed by atoms with Gasteiger partial charge in [0.15, 0.2) is 5.78 Å². The van der Waals surface area contributed by atoms with Gasteiger partial charge in [0.1, 0.15) is 0 Å². The quantitative estimate of drug-likeness (QED) is 0.653. The van der Waals surface area contributed by atoms with E-state index >= 15 is 0 Å². The molecule has 0 unspecified atom stereocenters. The van der Waals surface area contributed by atoms with E-state index in [9.17, 15) is 4.79 Å². The van der Waals surface area contributed by atoms with E-state index in [1.807, 2.05) is 48.5 Å². The van der Waals surface area contributed by atoms with E-state index in [-0.39, 0.29) is 5.78 Å². The Kier molecular flexibility index (Phi) is 4.35.